The molecule has 0 fully saturated rings. The Morgan fingerprint density at radius 3 is 2.76 bits per heavy atom. The number of nitrogens with zero attached hydrogens (tertiary/aromatic N) is 2. The Kier molecular flexibility index (Phi) is 4.84. The number of likely N-dealkylation sites (N-methyl/N-ethyl adjacent to an activating group) is 1. The molecular formula is C11H17N3O3. The fourth-order valence-corrected chi connectivity index (χ4v) is 1.24. The largest absolute Gasteiger partial charge is 0.462 e. The van der Waals surface area contributed by atoms with Crippen molar-refractivity contribution in [2.24, 2.45) is 0 Å². The molecule has 6 nitrogen and oxygen atoms in total. The molecule has 1 aromatic heterocycles. The molecule has 0 spiro atoms. The van der Waals surface area contributed by atoms with E-state index in [0.29, 0.717) is 12.2 Å². The summed E-state index contributed by atoms with van der Waals surface area (Å²) in [7, 11) is 3.87. The predicted octanol–water partition coefficient (Wildman–Crippen LogP) is 0.0507. The first-order chi connectivity index (χ1) is 8.04. The summed E-state index contributed by atoms with van der Waals surface area (Å²) in [5, 5.41) is 0. The number of hydrogen-bond donors (Lipinski definition) is 1. The number of aromatic nitrogens is 2. The Morgan fingerprint density at radius 1 is 1.53 bits per heavy atom. The third-order valence-electron chi connectivity index (χ3n) is 2.14. The van der Waals surface area contributed by atoms with Gasteiger partial charge in [-0.25, -0.2) is 9.78 Å². The molecule has 0 unspecified atom stereocenters. The Morgan fingerprint density at radius 2 is 2.24 bits per heavy atom. The standard InChI is InChI=1S/C11H17N3O3/c1-4-17-11(16)8-7-12-9(13-10(8)15)5-6-14(2)3/h7H,4-6H2,1-3H3,(H,12,13,15). The molecule has 0 aliphatic rings. The minimum Gasteiger partial charge on any atom is -0.462 e. The smallest absolute Gasteiger partial charge is 0.345 e. The van der Waals surface area contributed by atoms with Crippen LogP contribution in [0.25, 0.3) is 0 Å². The molecular weight excluding hydrogens is 222 g/mol. The van der Waals surface area contributed by atoms with Gasteiger partial charge < -0.3 is 14.6 Å². The lowest BCUT2D eigenvalue weighted by Crippen LogP contribution is -2.24. The summed E-state index contributed by atoms with van der Waals surface area (Å²) in [6, 6.07) is 0. The number of esters is 1. The average molecular weight is 239 g/mol. The van der Waals surface area contributed by atoms with Gasteiger partial charge in [0.15, 0.2) is 0 Å². The van der Waals surface area contributed by atoms with Crippen LogP contribution in [0.3, 0.4) is 0 Å². The molecule has 0 saturated heterocycles. The SMILES string of the molecule is CCOC(=O)c1cnc(CCN(C)C)[nH]c1=O. The second-order valence-electron chi connectivity index (χ2n) is 3.85. The fraction of sp³-hybridized carbons (Fsp3) is 0.545. The quantitative estimate of drug-likeness (QED) is 0.735. The van der Waals surface area contributed by atoms with Gasteiger partial charge in [-0.15, -0.1) is 0 Å². The summed E-state index contributed by atoms with van der Waals surface area (Å²) in [4.78, 5) is 31.5. The van der Waals surface area contributed by atoms with Crippen LogP contribution >= 0.6 is 0 Å². The molecule has 1 N–H and O–H groups in total. The average Bonchev–Trinajstić information content (AvgIpc) is 2.26. The molecule has 94 valence electrons. The van der Waals surface area contributed by atoms with E-state index in [1.807, 2.05) is 19.0 Å². The molecule has 0 aromatic carbocycles. The minimum atomic E-state index is -0.639. The third kappa shape index (κ3) is 3.99. The van der Waals surface area contributed by atoms with E-state index in [0.717, 1.165) is 6.54 Å². The van der Waals surface area contributed by atoms with Crippen LogP contribution < -0.4 is 5.56 Å². The lowest BCUT2D eigenvalue weighted by atomic mass is 10.3. The Bertz CT molecular complexity index is 440. The van der Waals surface area contributed by atoms with E-state index in [-0.39, 0.29) is 12.2 Å². The van der Waals surface area contributed by atoms with Crippen LogP contribution in [0.4, 0.5) is 0 Å². The zero-order valence-corrected chi connectivity index (χ0v) is 10.3. The molecule has 0 atom stereocenters. The normalized spacial score (nSPS) is 10.6. The molecule has 0 bridgehead atoms. The van der Waals surface area contributed by atoms with Gasteiger partial charge in [0.05, 0.1) is 6.61 Å². The second kappa shape index (κ2) is 6.15. The summed E-state index contributed by atoms with van der Waals surface area (Å²) in [6.07, 6.45) is 1.90. The topological polar surface area (TPSA) is 75.3 Å². The first kappa shape index (κ1) is 13.4. The van der Waals surface area contributed by atoms with Gasteiger partial charge >= 0.3 is 5.97 Å². The highest BCUT2D eigenvalue weighted by molar-refractivity contribution is 5.88. The number of carbonyl (C=O) groups is 1. The molecule has 1 heterocycles. The van der Waals surface area contributed by atoms with Crippen LogP contribution in [-0.2, 0) is 11.2 Å². The van der Waals surface area contributed by atoms with E-state index in [1.54, 1.807) is 6.92 Å². The molecule has 6 heteroatoms. The number of H-pyrrole nitrogens is 1. The summed E-state index contributed by atoms with van der Waals surface area (Å²) >= 11 is 0. The van der Waals surface area contributed by atoms with Gasteiger partial charge in [0.2, 0.25) is 0 Å². The maximum Gasteiger partial charge on any atom is 0.345 e. The number of aromatic amines is 1. The zero-order valence-electron chi connectivity index (χ0n) is 10.3. The Balaban J connectivity index is 2.79. The van der Waals surface area contributed by atoms with Gasteiger partial charge in [0.1, 0.15) is 11.4 Å². The molecule has 0 radical (unpaired) electrons. The van der Waals surface area contributed by atoms with Crippen molar-refractivity contribution >= 4 is 5.97 Å². The van der Waals surface area contributed by atoms with E-state index in [9.17, 15) is 9.59 Å². The highest BCUT2D eigenvalue weighted by atomic mass is 16.5. The van der Waals surface area contributed by atoms with Gasteiger partial charge in [-0.1, -0.05) is 0 Å². The van der Waals surface area contributed by atoms with E-state index in [2.05, 4.69) is 9.97 Å². The van der Waals surface area contributed by atoms with Crippen LogP contribution in [-0.4, -0.2) is 48.1 Å². The van der Waals surface area contributed by atoms with Gasteiger partial charge in [-0.2, -0.15) is 0 Å². The lowest BCUT2D eigenvalue weighted by molar-refractivity contribution is 0.0523. The molecule has 17 heavy (non-hydrogen) atoms. The Hall–Kier alpha value is -1.69. The summed E-state index contributed by atoms with van der Waals surface area (Å²) in [5.74, 6) is -0.0721. The molecule has 1 aromatic rings. The maximum absolute atomic E-state index is 11.6. The summed E-state index contributed by atoms with van der Waals surface area (Å²) in [5.41, 5.74) is -0.507. The number of hydrogen-bond acceptors (Lipinski definition) is 5. The van der Waals surface area contributed by atoms with Crippen molar-refractivity contribution < 1.29 is 9.53 Å². The number of rotatable bonds is 5. The predicted molar refractivity (Wildman–Crippen MR) is 63.1 cm³/mol. The van der Waals surface area contributed by atoms with Crippen molar-refractivity contribution in [2.75, 3.05) is 27.2 Å². The van der Waals surface area contributed by atoms with Crippen molar-refractivity contribution in [2.45, 2.75) is 13.3 Å². The highest BCUT2D eigenvalue weighted by Crippen LogP contribution is 1.95. The van der Waals surface area contributed by atoms with Crippen molar-refractivity contribution in [3.05, 3.63) is 27.9 Å². The monoisotopic (exact) mass is 239 g/mol. The van der Waals surface area contributed by atoms with Crippen LogP contribution in [0.2, 0.25) is 0 Å². The summed E-state index contributed by atoms with van der Waals surface area (Å²) < 4.78 is 4.74. The van der Waals surface area contributed by atoms with E-state index in [4.69, 9.17) is 4.74 Å². The first-order valence-corrected chi connectivity index (χ1v) is 5.44. The third-order valence-corrected chi connectivity index (χ3v) is 2.14. The van der Waals surface area contributed by atoms with Crippen LogP contribution in [0, 0.1) is 0 Å². The van der Waals surface area contributed by atoms with Crippen LogP contribution in [0.15, 0.2) is 11.0 Å². The molecule has 1 rings (SSSR count). The number of carbonyl (C=O) groups excluding carboxylic acids is 1. The van der Waals surface area contributed by atoms with Gasteiger partial charge in [-0.05, 0) is 21.0 Å². The van der Waals surface area contributed by atoms with Crippen molar-refractivity contribution in [3.63, 3.8) is 0 Å². The molecule has 0 aliphatic carbocycles. The number of ether oxygens (including phenoxy) is 1. The van der Waals surface area contributed by atoms with Gasteiger partial charge in [-0.3, -0.25) is 4.79 Å². The molecule has 0 saturated carbocycles. The van der Waals surface area contributed by atoms with Gasteiger partial charge in [0.25, 0.3) is 5.56 Å². The number of nitrogens with one attached hydrogen (secondary N) is 1. The maximum atomic E-state index is 11.6. The Labute approximate surface area is 99.6 Å². The van der Waals surface area contributed by atoms with Crippen molar-refractivity contribution in [1.82, 2.24) is 14.9 Å². The minimum absolute atomic E-state index is 0.0551. The van der Waals surface area contributed by atoms with Crippen molar-refractivity contribution in [1.29, 1.82) is 0 Å². The fourth-order valence-electron chi connectivity index (χ4n) is 1.24. The lowest BCUT2D eigenvalue weighted by Gasteiger charge is -2.08. The first-order valence-electron chi connectivity index (χ1n) is 5.44. The van der Waals surface area contributed by atoms with E-state index in [1.165, 1.54) is 6.20 Å². The zero-order chi connectivity index (χ0) is 12.8. The molecule has 0 aliphatic heterocycles. The van der Waals surface area contributed by atoms with Crippen LogP contribution in [0.1, 0.15) is 23.1 Å². The van der Waals surface area contributed by atoms with Crippen molar-refractivity contribution in [3.8, 4) is 0 Å². The second-order valence-corrected chi connectivity index (χ2v) is 3.85. The molecule has 0 amide bonds. The summed E-state index contributed by atoms with van der Waals surface area (Å²) in [6.45, 7) is 2.70. The highest BCUT2D eigenvalue weighted by Gasteiger charge is 2.12. The van der Waals surface area contributed by atoms with Crippen LogP contribution in [0.5, 0.6) is 0 Å². The van der Waals surface area contributed by atoms with E-state index < -0.39 is 11.5 Å². The van der Waals surface area contributed by atoms with E-state index >= 15 is 0 Å². The van der Waals surface area contributed by atoms with Gasteiger partial charge in [0, 0.05) is 19.2 Å².